The van der Waals surface area contributed by atoms with Crippen LogP contribution in [0.3, 0.4) is 0 Å². The summed E-state index contributed by atoms with van der Waals surface area (Å²) in [6, 6.07) is 0. The average Bonchev–Trinajstić information content (AvgIpc) is 2.70. The van der Waals surface area contributed by atoms with Crippen molar-refractivity contribution < 1.29 is 106 Å². The van der Waals surface area contributed by atoms with Crippen molar-refractivity contribution in [3.63, 3.8) is 0 Å². The van der Waals surface area contributed by atoms with E-state index >= 15 is 0 Å². The van der Waals surface area contributed by atoms with Crippen molar-refractivity contribution in [1.29, 1.82) is 0 Å². The first kappa shape index (κ1) is 33.4. The lowest BCUT2D eigenvalue weighted by atomic mass is 9.97. The van der Waals surface area contributed by atoms with Gasteiger partial charge in [0.25, 0.3) is 0 Å². The lowest BCUT2D eigenvalue weighted by Gasteiger charge is -2.49. The summed E-state index contributed by atoms with van der Waals surface area (Å²) in [5.74, 6) is -21.2. The number of halogens is 22. The second kappa shape index (κ2) is 8.19. The number of hydrogen-bond donors (Lipinski definition) is 0. The summed E-state index contributed by atoms with van der Waals surface area (Å²) in [6.07, 6.45) is -56.6. The molecule has 24 heteroatoms. The minimum absolute atomic E-state index is 1.94. The molecule has 1 rings (SSSR count). The van der Waals surface area contributed by atoms with E-state index in [0.29, 0.717) is 0 Å². The van der Waals surface area contributed by atoms with Gasteiger partial charge in [0, 0.05) is 12.8 Å². The van der Waals surface area contributed by atoms with Gasteiger partial charge in [-0.25, -0.2) is 0 Å². The molecule has 222 valence electrons. The predicted molar refractivity (Wildman–Crippen MR) is 65.8 cm³/mol. The molecule has 1 saturated carbocycles. The summed E-state index contributed by atoms with van der Waals surface area (Å²) < 4.78 is 294. The van der Waals surface area contributed by atoms with Crippen LogP contribution in [0.5, 0.6) is 0 Å². The van der Waals surface area contributed by atoms with Gasteiger partial charge in [-0.2, -0.15) is 96.6 Å². The Morgan fingerprint density at radius 2 is 0.595 bits per heavy atom. The molecule has 0 aromatic heterocycles. The highest BCUT2D eigenvalue weighted by atomic mass is 19.4. The Labute approximate surface area is 186 Å². The van der Waals surface area contributed by atoms with E-state index in [2.05, 4.69) is 0 Å². The van der Waals surface area contributed by atoms with E-state index in [1.54, 1.807) is 0 Å². The van der Waals surface area contributed by atoms with Gasteiger partial charge >= 0.3 is 60.1 Å². The van der Waals surface area contributed by atoms with Crippen LogP contribution in [0.2, 0.25) is 0 Å². The highest BCUT2D eigenvalue weighted by Crippen LogP contribution is 2.66. The van der Waals surface area contributed by atoms with Crippen LogP contribution in [0.15, 0.2) is 0 Å². The largest absolute Gasteiger partial charge is 0.435 e. The fourth-order valence-corrected chi connectivity index (χ4v) is 2.97. The maximum absolute atomic E-state index is 14.2. The van der Waals surface area contributed by atoms with Crippen LogP contribution in [0.4, 0.5) is 96.6 Å². The predicted octanol–water partition coefficient (Wildman–Crippen LogP) is 7.63. The van der Waals surface area contributed by atoms with Gasteiger partial charge in [-0.05, 0) is 0 Å². The van der Waals surface area contributed by atoms with E-state index in [-0.39, 0.29) is 0 Å². The van der Waals surface area contributed by atoms with Gasteiger partial charge in [0.15, 0.2) is 0 Å². The molecule has 0 aromatic carbocycles. The first-order valence-electron chi connectivity index (χ1n) is 8.18. The first-order chi connectivity index (χ1) is 15.6. The van der Waals surface area contributed by atoms with Crippen LogP contribution in [0.1, 0.15) is 12.8 Å². The molecule has 0 amide bonds. The summed E-state index contributed by atoms with van der Waals surface area (Å²) in [5, 5.41) is 0. The lowest BCUT2D eigenvalue weighted by molar-refractivity contribution is -0.555. The van der Waals surface area contributed by atoms with Crippen molar-refractivity contribution in [2.75, 3.05) is 0 Å². The SMILES string of the molecule is FC(F)(F)C(OC1(OC(C(F)(F)F)(C(F)(F)F)C(F)(F)F)CCC(F)(F)C1(F)F)(C(F)(F)F)C(F)(F)F. The van der Waals surface area contributed by atoms with Crippen LogP contribution >= 0.6 is 0 Å². The summed E-state index contributed by atoms with van der Waals surface area (Å²) in [5.41, 5.74) is -16.8. The Balaban J connectivity index is 4.35. The van der Waals surface area contributed by atoms with Gasteiger partial charge in [0.1, 0.15) is 0 Å². The summed E-state index contributed by atoms with van der Waals surface area (Å²) in [7, 11) is 0. The first-order valence-corrected chi connectivity index (χ1v) is 8.18. The summed E-state index contributed by atoms with van der Waals surface area (Å²) in [4.78, 5) is 0. The standard InChI is InChI=1S/C13H4F22O2/c14-3(15)1-2-4(7(3,16)17,36-5(8(18,19)20,9(21,22)23)10(24,25)26)37-6(11(27,28)29,12(30,31)32)13(33,34)35/h1-2H2. The molecule has 1 aliphatic carbocycles. The van der Waals surface area contributed by atoms with Gasteiger partial charge in [-0.15, -0.1) is 0 Å². The molecule has 1 fully saturated rings. The molecule has 0 spiro atoms. The molecule has 0 bridgehead atoms. The van der Waals surface area contributed by atoms with Crippen molar-refractivity contribution in [2.24, 2.45) is 0 Å². The molecule has 1 aliphatic rings. The number of alkyl halides is 22. The topological polar surface area (TPSA) is 18.5 Å². The Hall–Kier alpha value is -1.62. The smallest absolute Gasteiger partial charge is 0.312 e. The highest BCUT2D eigenvalue weighted by molar-refractivity contribution is 5.14. The number of rotatable bonds is 4. The van der Waals surface area contributed by atoms with Crippen LogP contribution in [0, 0.1) is 0 Å². The fourth-order valence-electron chi connectivity index (χ4n) is 2.97. The molecule has 0 saturated heterocycles. The van der Waals surface area contributed by atoms with Crippen molar-refractivity contribution in [3.05, 3.63) is 0 Å². The molecule has 0 atom stereocenters. The van der Waals surface area contributed by atoms with E-state index in [1.165, 1.54) is 0 Å². The minimum atomic E-state index is -8.38. The zero-order valence-corrected chi connectivity index (χ0v) is 16.0. The molecular formula is C13H4F22O2. The molecule has 37 heavy (non-hydrogen) atoms. The van der Waals surface area contributed by atoms with Crippen molar-refractivity contribution in [1.82, 2.24) is 0 Å². The average molecular weight is 610 g/mol. The monoisotopic (exact) mass is 610 g/mol. The highest BCUT2D eigenvalue weighted by Gasteiger charge is 2.94. The van der Waals surface area contributed by atoms with Gasteiger partial charge in [-0.3, -0.25) is 0 Å². The van der Waals surface area contributed by atoms with Gasteiger partial charge < -0.3 is 9.47 Å². The zero-order valence-electron chi connectivity index (χ0n) is 16.0. The molecular weight excluding hydrogens is 606 g/mol. The van der Waals surface area contributed by atoms with Crippen molar-refractivity contribution in [3.8, 4) is 0 Å². The third-order valence-electron chi connectivity index (χ3n) is 4.74. The summed E-state index contributed by atoms with van der Waals surface area (Å²) in [6.45, 7) is 0. The number of hydrogen-bond acceptors (Lipinski definition) is 2. The van der Waals surface area contributed by atoms with Crippen LogP contribution in [-0.4, -0.2) is 65.9 Å². The molecule has 0 unspecified atom stereocenters. The van der Waals surface area contributed by atoms with E-state index in [9.17, 15) is 96.6 Å². The van der Waals surface area contributed by atoms with Crippen LogP contribution in [0.25, 0.3) is 0 Å². The molecule has 0 radical (unpaired) electrons. The molecule has 2 nitrogen and oxygen atoms in total. The third kappa shape index (κ3) is 4.51. The lowest BCUT2D eigenvalue weighted by Crippen LogP contribution is -2.77. The molecule has 0 N–H and O–H groups in total. The maximum atomic E-state index is 14.2. The van der Waals surface area contributed by atoms with E-state index < -0.39 is 78.7 Å². The van der Waals surface area contributed by atoms with E-state index in [0.717, 1.165) is 0 Å². The third-order valence-corrected chi connectivity index (χ3v) is 4.74. The fraction of sp³-hybridized carbons (Fsp3) is 1.00. The normalized spacial score (nSPS) is 21.9. The van der Waals surface area contributed by atoms with Gasteiger partial charge in [0.05, 0.1) is 0 Å². The van der Waals surface area contributed by atoms with Crippen molar-refractivity contribution >= 4 is 0 Å². The second-order valence-electron chi connectivity index (χ2n) is 7.08. The molecule has 0 heterocycles. The number of ether oxygens (including phenoxy) is 2. The van der Waals surface area contributed by atoms with E-state index in [1.807, 2.05) is 9.47 Å². The Morgan fingerprint density at radius 1 is 0.378 bits per heavy atom. The quantitative estimate of drug-likeness (QED) is 0.241. The van der Waals surface area contributed by atoms with Crippen LogP contribution < -0.4 is 0 Å². The maximum Gasteiger partial charge on any atom is 0.435 e. The molecule has 0 aliphatic heterocycles. The van der Waals surface area contributed by atoms with Crippen LogP contribution in [-0.2, 0) is 9.47 Å². The van der Waals surface area contributed by atoms with Gasteiger partial charge in [0.2, 0.25) is 5.79 Å². The summed E-state index contributed by atoms with van der Waals surface area (Å²) >= 11 is 0. The molecule has 0 aromatic rings. The van der Waals surface area contributed by atoms with Gasteiger partial charge in [-0.1, -0.05) is 0 Å². The Morgan fingerprint density at radius 3 is 0.730 bits per heavy atom. The Kier molecular flexibility index (Phi) is 7.40. The van der Waals surface area contributed by atoms with Crippen molar-refractivity contribution in [2.45, 2.75) is 78.7 Å². The van der Waals surface area contributed by atoms with E-state index in [4.69, 9.17) is 0 Å². The minimum Gasteiger partial charge on any atom is -0.312 e. The second-order valence-corrected chi connectivity index (χ2v) is 7.08. The Bertz CT molecular complexity index is 707. The zero-order chi connectivity index (χ0) is 30.3.